The van der Waals surface area contributed by atoms with Gasteiger partial charge in [0.2, 0.25) is 0 Å². The van der Waals surface area contributed by atoms with Crippen LogP contribution in [0.25, 0.3) is 0 Å². The fourth-order valence-corrected chi connectivity index (χ4v) is 2.63. The van der Waals surface area contributed by atoms with Gasteiger partial charge in [0.1, 0.15) is 0 Å². The standard InChI is InChI=1S/C7H12BrI/c8-7(9)6-4-2-1-3-5-6/h6-7H,1-5H2. The lowest BCUT2D eigenvalue weighted by Crippen LogP contribution is -2.11. The molecule has 0 N–H and O–H groups in total. The fraction of sp³-hybridized carbons (Fsp3) is 1.00. The highest BCUT2D eigenvalue weighted by Crippen LogP contribution is 2.33. The Balaban J connectivity index is 2.23. The third-order valence-corrected chi connectivity index (χ3v) is 3.77. The summed E-state index contributed by atoms with van der Waals surface area (Å²) < 4.78 is 0.718. The summed E-state index contributed by atoms with van der Waals surface area (Å²) in [6, 6.07) is 0. The zero-order valence-electron chi connectivity index (χ0n) is 5.45. The summed E-state index contributed by atoms with van der Waals surface area (Å²) in [7, 11) is 0. The van der Waals surface area contributed by atoms with Gasteiger partial charge in [-0.15, -0.1) is 0 Å². The van der Waals surface area contributed by atoms with Crippen LogP contribution in [-0.2, 0) is 0 Å². The molecule has 0 radical (unpaired) electrons. The molecule has 0 heterocycles. The quantitative estimate of drug-likeness (QED) is 0.511. The molecule has 0 aromatic rings. The smallest absolute Gasteiger partial charge is 0.0690 e. The fourth-order valence-electron chi connectivity index (χ4n) is 1.39. The third kappa shape index (κ3) is 2.74. The maximum absolute atomic E-state index is 3.62. The normalized spacial score (nSPS) is 26.0. The van der Waals surface area contributed by atoms with Gasteiger partial charge in [0.15, 0.2) is 0 Å². The van der Waals surface area contributed by atoms with Crippen molar-refractivity contribution in [3.63, 3.8) is 0 Å². The minimum atomic E-state index is 0.718. The van der Waals surface area contributed by atoms with Gasteiger partial charge in [-0.1, -0.05) is 57.8 Å². The molecule has 54 valence electrons. The van der Waals surface area contributed by atoms with Crippen molar-refractivity contribution >= 4 is 38.5 Å². The third-order valence-electron chi connectivity index (χ3n) is 2.01. The first-order valence-corrected chi connectivity index (χ1v) is 5.75. The van der Waals surface area contributed by atoms with Crippen LogP contribution in [0.2, 0.25) is 0 Å². The number of hydrogen-bond acceptors (Lipinski definition) is 0. The Morgan fingerprint density at radius 3 is 2.11 bits per heavy atom. The van der Waals surface area contributed by atoms with Crippen molar-refractivity contribution in [3.8, 4) is 0 Å². The molecular formula is C7H12BrI. The average Bonchev–Trinajstić information content (AvgIpc) is 1.90. The van der Waals surface area contributed by atoms with E-state index in [-0.39, 0.29) is 0 Å². The molecule has 1 fully saturated rings. The van der Waals surface area contributed by atoms with E-state index in [0.717, 1.165) is 8.75 Å². The lowest BCUT2D eigenvalue weighted by Gasteiger charge is -2.22. The number of rotatable bonds is 1. The summed E-state index contributed by atoms with van der Waals surface area (Å²) in [6.07, 6.45) is 7.26. The minimum absolute atomic E-state index is 0.718. The molecular weight excluding hydrogens is 291 g/mol. The topological polar surface area (TPSA) is 0 Å². The zero-order chi connectivity index (χ0) is 6.69. The van der Waals surface area contributed by atoms with E-state index in [2.05, 4.69) is 38.5 Å². The molecule has 0 aromatic carbocycles. The monoisotopic (exact) mass is 302 g/mol. The minimum Gasteiger partial charge on any atom is -0.0772 e. The van der Waals surface area contributed by atoms with Crippen LogP contribution in [0.15, 0.2) is 0 Å². The van der Waals surface area contributed by atoms with Crippen molar-refractivity contribution in [2.24, 2.45) is 5.92 Å². The van der Waals surface area contributed by atoms with E-state index in [1.54, 1.807) is 0 Å². The van der Waals surface area contributed by atoms with Crippen LogP contribution in [0.4, 0.5) is 0 Å². The first-order valence-electron chi connectivity index (χ1n) is 3.59. The molecule has 2 heteroatoms. The van der Waals surface area contributed by atoms with Gasteiger partial charge in [-0.25, -0.2) is 0 Å². The Hall–Kier alpha value is 1.21. The Labute approximate surface area is 79.1 Å². The molecule has 0 spiro atoms. The predicted octanol–water partition coefficient (Wildman–Crippen LogP) is 3.72. The molecule has 0 saturated heterocycles. The Kier molecular flexibility index (Phi) is 3.84. The molecule has 0 bridgehead atoms. The number of alkyl halides is 2. The summed E-state index contributed by atoms with van der Waals surface area (Å²) in [5, 5.41) is 0. The number of hydrogen-bond donors (Lipinski definition) is 0. The predicted molar refractivity (Wildman–Crippen MR) is 53.3 cm³/mol. The van der Waals surface area contributed by atoms with Gasteiger partial charge in [0.25, 0.3) is 0 Å². The van der Waals surface area contributed by atoms with E-state index in [4.69, 9.17) is 0 Å². The van der Waals surface area contributed by atoms with Gasteiger partial charge in [-0.3, -0.25) is 0 Å². The maximum Gasteiger partial charge on any atom is 0.0690 e. The molecule has 1 rings (SSSR count). The first-order chi connectivity index (χ1) is 4.30. The van der Waals surface area contributed by atoms with E-state index in [1.165, 1.54) is 32.1 Å². The summed E-state index contributed by atoms with van der Waals surface area (Å²) in [4.78, 5) is 0. The van der Waals surface area contributed by atoms with E-state index in [1.807, 2.05) is 0 Å². The van der Waals surface area contributed by atoms with E-state index < -0.39 is 0 Å². The number of halogens is 2. The maximum atomic E-state index is 3.62. The Morgan fingerprint density at radius 2 is 1.78 bits per heavy atom. The molecule has 1 unspecified atom stereocenters. The molecule has 0 nitrogen and oxygen atoms in total. The van der Waals surface area contributed by atoms with Crippen molar-refractivity contribution in [1.29, 1.82) is 0 Å². The highest BCUT2D eigenvalue weighted by molar-refractivity contribution is 14.1. The molecule has 1 aliphatic carbocycles. The second-order valence-corrected chi connectivity index (χ2v) is 6.77. The van der Waals surface area contributed by atoms with Crippen LogP contribution >= 0.6 is 38.5 Å². The largest absolute Gasteiger partial charge is 0.0772 e. The Morgan fingerprint density at radius 1 is 1.22 bits per heavy atom. The summed E-state index contributed by atoms with van der Waals surface area (Å²) in [5.74, 6) is 0.958. The van der Waals surface area contributed by atoms with Gasteiger partial charge in [0.05, 0.1) is 2.83 Å². The summed E-state index contributed by atoms with van der Waals surface area (Å²) in [5.41, 5.74) is 0. The van der Waals surface area contributed by atoms with Gasteiger partial charge in [0, 0.05) is 0 Å². The first kappa shape index (κ1) is 8.31. The van der Waals surface area contributed by atoms with E-state index in [0.29, 0.717) is 0 Å². The summed E-state index contributed by atoms with van der Waals surface area (Å²) in [6.45, 7) is 0. The van der Waals surface area contributed by atoms with Crippen molar-refractivity contribution in [2.45, 2.75) is 34.9 Å². The second-order valence-electron chi connectivity index (χ2n) is 2.73. The highest BCUT2D eigenvalue weighted by atomic mass is 127. The second kappa shape index (κ2) is 4.16. The molecule has 0 aromatic heterocycles. The van der Waals surface area contributed by atoms with Crippen LogP contribution in [-0.4, -0.2) is 2.83 Å². The van der Waals surface area contributed by atoms with Crippen LogP contribution in [0, 0.1) is 5.92 Å². The van der Waals surface area contributed by atoms with Gasteiger partial charge < -0.3 is 0 Å². The van der Waals surface area contributed by atoms with Crippen molar-refractivity contribution in [1.82, 2.24) is 0 Å². The highest BCUT2D eigenvalue weighted by Gasteiger charge is 2.18. The van der Waals surface area contributed by atoms with E-state index in [9.17, 15) is 0 Å². The average molecular weight is 303 g/mol. The van der Waals surface area contributed by atoms with Gasteiger partial charge in [-0.05, 0) is 18.8 Å². The molecule has 1 saturated carbocycles. The van der Waals surface area contributed by atoms with Crippen LogP contribution in [0.5, 0.6) is 0 Å². The molecule has 1 atom stereocenters. The molecule has 0 amide bonds. The Bertz CT molecular complexity index is 77.0. The lowest BCUT2D eigenvalue weighted by atomic mass is 9.91. The molecule has 9 heavy (non-hydrogen) atoms. The van der Waals surface area contributed by atoms with Crippen molar-refractivity contribution in [3.05, 3.63) is 0 Å². The van der Waals surface area contributed by atoms with Crippen LogP contribution in [0.1, 0.15) is 32.1 Å². The molecule has 0 aliphatic heterocycles. The lowest BCUT2D eigenvalue weighted by molar-refractivity contribution is 0.387. The van der Waals surface area contributed by atoms with Crippen molar-refractivity contribution < 1.29 is 0 Å². The van der Waals surface area contributed by atoms with Gasteiger partial charge >= 0.3 is 0 Å². The van der Waals surface area contributed by atoms with E-state index >= 15 is 0 Å². The van der Waals surface area contributed by atoms with Crippen LogP contribution in [0.3, 0.4) is 0 Å². The van der Waals surface area contributed by atoms with Crippen molar-refractivity contribution in [2.75, 3.05) is 0 Å². The SMILES string of the molecule is BrC(I)C1CCCCC1. The summed E-state index contributed by atoms with van der Waals surface area (Å²) >= 11 is 6.10. The van der Waals surface area contributed by atoms with Crippen LogP contribution < -0.4 is 0 Å². The molecule has 1 aliphatic rings. The zero-order valence-corrected chi connectivity index (χ0v) is 9.19. The van der Waals surface area contributed by atoms with Gasteiger partial charge in [-0.2, -0.15) is 0 Å².